The Labute approximate surface area is 415 Å². The zero-order valence-electron chi connectivity index (χ0n) is 38.9. The van der Waals surface area contributed by atoms with Crippen LogP contribution in [0.2, 0.25) is 5.02 Å². The number of carbonyl (C=O) groups is 4. The molecule has 0 bridgehead atoms. The molecule has 0 saturated carbocycles. The minimum atomic E-state index is -3.68. The van der Waals surface area contributed by atoms with E-state index in [1.54, 1.807) is 9.21 Å². The Morgan fingerprint density at radius 3 is 2.39 bits per heavy atom. The van der Waals surface area contributed by atoms with E-state index < -0.39 is 40.1 Å². The quantitative estimate of drug-likeness (QED) is 0.0299. The van der Waals surface area contributed by atoms with E-state index >= 15 is 0 Å². The van der Waals surface area contributed by atoms with Crippen molar-refractivity contribution in [3.8, 4) is 16.2 Å². The molecule has 0 aliphatic carbocycles. The number of nitrogens with one attached hydrogen (secondary N) is 4. The van der Waals surface area contributed by atoms with Crippen LogP contribution in [0.5, 0.6) is 5.75 Å². The highest BCUT2D eigenvalue weighted by atomic mass is 35.5. The van der Waals surface area contributed by atoms with Gasteiger partial charge < -0.3 is 35.8 Å². The third-order valence-electron chi connectivity index (χ3n) is 13.6. The molecular weight excluding hydrogens is 954 g/mol. The minimum Gasteiger partial charge on any atom is -0.507 e. The summed E-state index contributed by atoms with van der Waals surface area (Å²) in [4.78, 5) is 54.1. The number of carboxylic acid groups (broad SMARTS) is 1. The predicted octanol–water partition coefficient (Wildman–Crippen LogP) is 7.83. The van der Waals surface area contributed by atoms with Crippen molar-refractivity contribution < 1.29 is 42.5 Å². The lowest BCUT2D eigenvalue weighted by atomic mass is 9.89. The number of rotatable bonds is 17. The van der Waals surface area contributed by atoms with Crippen molar-refractivity contribution in [2.75, 3.05) is 59.8 Å². The molecule has 3 amide bonds. The number of carbonyl (C=O) groups excluding carboxylic acids is 3. The van der Waals surface area contributed by atoms with Crippen LogP contribution in [0.15, 0.2) is 85.4 Å². The maximum Gasteiger partial charge on any atom is 0.341 e. The first-order chi connectivity index (χ1) is 33.5. The van der Waals surface area contributed by atoms with Crippen LogP contribution in [0.4, 0.5) is 22.7 Å². The lowest BCUT2D eigenvalue weighted by molar-refractivity contribution is -0.139. The summed E-state index contributed by atoms with van der Waals surface area (Å²) in [6, 6.07) is 24.4. The molecule has 9 rings (SSSR count). The first kappa shape index (κ1) is 48.8. The molecule has 16 nitrogen and oxygen atoms in total. The Kier molecular flexibility index (Phi) is 13.9. The van der Waals surface area contributed by atoms with Gasteiger partial charge in [-0.3, -0.25) is 24.6 Å². The first-order valence-corrected chi connectivity index (χ1v) is 26.2. The number of sulfonamides is 1. The predicted molar refractivity (Wildman–Crippen MR) is 275 cm³/mol. The van der Waals surface area contributed by atoms with Crippen LogP contribution in [-0.4, -0.2) is 110 Å². The van der Waals surface area contributed by atoms with E-state index in [4.69, 9.17) is 21.4 Å². The van der Waals surface area contributed by atoms with Gasteiger partial charge in [0.25, 0.3) is 5.91 Å². The summed E-state index contributed by atoms with van der Waals surface area (Å²) >= 11 is 7.79. The van der Waals surface area contributed by atoms with Crippen molar-refractivity contribution in [1.29, 1.82) is 0 Å². The van der Waals surface area contributed by atoms with Crippen molar-refractivity contribution in [1.82, 2.24) is 14.9 Å². The Morgan fingerprint density at radius 2 is 1.64 bits per heavy atom. The second-order valence-electron chi connectivity index (χ2n) is 18.9. The standard InChI is InChI=1S/C51H56ClN7O9S2/c1-30(60)47-46(68-28-43(62)63)45(52)48(69-47)32-8-5-10-35(26-32)55-36-19-24-58(51(2,3)27-36)70(66,67)29-31-7-4-9-34(25-31)54-21-20-53-33-17-22-57(23-18-33)39-13-14-40-44-37(39)11-6-12-38(44)50(65)59(40)41-15-16-42(61)56-49(41)64/h4-14,25-26,33,36,41,53-55,60H,1,15-24,27-29H2,2-3H3,(H,62,63)(H,56,61,64)/t36-,41?/m0/s1. The van der Waals surface area contributed by atoms with Gasteiger partial charge in [-0.05, 0) is 99.5 Å². The van der Waals surface area contributed by atoms with E-state index in [1.807, 2.05) is 92.7 Å². The summed E-state index contributed by atoms with van der Waals surface area (Å²) in [5.74, 6) is -2.50. The smallest absolute Gasteiger partial charge is 0.341 e. The highest BCUT2D eigenvalue weighted by Crippen LogP contribution is 2.48. The maximum absolute atomic E-state index is 14.0. The summed E-state index contributed by atoms with van der Waals surface area (Å²) in [6.07, 6.45) is 3.49. The molecular formula is C51H56ClN7O9S2. The lowest BCUT2D eigenvalue weighted by Crippen LogP contribution is -2.55. The van der Waals surface area contributed by atoms with Gasteiger partial charge in [-0.2, -0.15) is 4.31 Å². The molecule has 1 unspecified atom stereocenters. The fraction of sp³-hybridized carbons (Fsp3) is 0.373. The van der Waals surface area contributed by atoms with Gasteiger partial charge in [0, 0.05) is 90.2 Å². The van der Waals surface area contributed by atoms with Gasteiger partial charge in [-0.15, -0.1) is 11.3 Å². The van der Waals surface area contributed by atoms with E-state index in [0.29, 0.717) is 60.1 Å². The zero-order valence-corrected chi connectivity index (χ0v) is 41.3. The molecule has 1 aromatic heterocycles. The second-order valence-corrected chi connectivity index (χ2v) is 22.2. The molecule has 4 aromatic carbocycles. The van der Waals surface area contributed by atoms with E-state index in [0.717, 1.165) is 77.2 Å². The Morgan fingerprint density at radius 1 is 0.914 bits per heavy atom. The van der Waals surface area contributed by atoms with Crippen molar-refractivity contribution in [2.24, 2.45) is 0 Å². The fourth-order valence-corrected chi connectivity index (χ4v) is 13.8. The zero-order chi connectivity index (χ0) is 49.5. The molecule has 4 aliphatic rings. The van der Waals surface area contributed by atoms with Gasteiger partial charge in [-0.25, -0.2) is 13.2 Å². The van der Waals surface area contributed by atoms with Crippen LogP contribution in [-0.2, 0) is 30.2 Å². The number of amides is 3. The number of halogens is 1. The second kappa shape index (κ2) is 19.9. The Bertz CT molecular complexity index is 3010. The van der Waals surface area contributed by atoms with Crippen LogP contribution >= 0.6 is 22.9 Å². The van der Waals surface area contributed by atoms with E-state index in [-0.39, 0.29) is 51.4 Å². The van der Waals surface area contributed by atoms with E-state index in [1.165, 1.54) is 0 Å². The minimum absolute atomic E-state index is 0.0264. The molecule has 0 spiro atoms. The summed E-state index contributed by atoms with van der Waals surface area (Å²) in [5, 5.41) is 34.4. The number of carboxylic acids is 1. The molecule has 70 heavy (non-hydrogen) atoms. The summed E-state index contributed by atoms with van der Waals surface area (Å²) in [5.41, 5.74) is 4.74. The highest BCUT2D eigenvalue weighted by Gasteiger charge is 2.43. The average molecular weight is 1010 g/mol. The highest BCUT2D eigenvalue weighted by molar-refractivity contribution is 7.88. The topological polar surface area (TPSA) is 210 Å². The molecule has 5 aromatic rings. The summed E-state index contributed by atoms with van der Waals surface area (Å²) in [7, 11) is -3.68. The molecule has 2 atom stereocenters. The largest absolute Gasteiger partial charge is 0.507 e. The number of imide groups is 1. The SMILES string of the molecule is C=C(O)c1sc(-c2cccc(N[C@H]3CCN(S(=O)(=O)Cc4cccc(NCCNC5CCN(c6ccc7c8c(cccc68)C(=O)N7C6CCC(=O)NC6=O)CC5)c4)C(C)(C)C3)c2)c(Cl)c1OCC(=O)O. The average Bonchev–Trinajstić information content (AvgIpc) is 3.80. The van der Waals surface area contributed by atoms with Gasteiger partial charge in [-0.1, -0.05) is 54.6 Å². The molecule has 3 saturated heterocycles. The number of aliphatic hydroxyl groups is 1. The number of benzene rings is 4. The van der Waals surface area contributed by atoms with Crippen LogP contribution < -0.4 is 35.8 Å². The van der Waals surface area contributed by atoms with Crippen molar-refractivity contribution in [2.45, 2.75) is 81.8 Å². The Balaban J connectivity index is 0.750. The number of piperidine rings is 3. The van der Waals surface area contributed by atoms with Crippen LogP contribution in [0, 0.1) is 0 Å². The first-order valence-electron chi connectivity index (χ1n) is 23.4. The normalized spacial score (nSPS) is 19.6. The maximum atomic E-state index is 14.0. The third-order valence-corrected chi connectivity index (χ3v) is 17.4. The molecule has 5 heterocycles. The van der Waals surface area contributed by atoms with Crippen LogP contribution in [0.25, 0.3) is 27.0 Å². The number of hydrogen-bond donors (Lipinski definition) is 6. The lowest BCUT2D eigenvalue weighted by Gasteiger charge is -2.45. The van der Waals surface area contributed by atoms with E-state index in [2.05, 4.69) is 32.7 Å². The number of ether oxygens (including phenoxy) is 1. The van der Waals surface area contributed by atoms with Gasteiger partial charge >= 0.3 is 5.97 Å². The van der Waals surface area contributed by atoms with Crippen molar-refractivity contribution in [3.63, 3.8) is 0 Å². The summed E-state index contributed by atoms with van der Waals surface area (Å²) in [6.45, 7) is 10.2. The van der Waals surface area contributed by atoms with Crippen LogP contribution in [0.1, 0.15) is 73.2 Å². The third kappa shape index (κ3) is 10.1. The number of anilines is 4. The van der Waals surface area contributed by atoms with Gasteiger partial charge in [0.2, 0.25) is 21.8 Å². The number of hydrogen-bond acceptors (Lipinski definition) is 13. The molecule has 0 radical (unpaired) electrons. The molecule has 368 valence electrons. The number of aliphatic hydroxyl groups excluding tert-OH is 1. The Hall–Kier alpha value is -6.18. The number of nitrogens with zero attached hydrogens (tertiary/aromatic N) is 3. The molecule has 19 heteroatoms. The molecule has 4 aliphatic heterocycles. The molecule has 3 fully saturated rings. The molecule has 6 N–H and O–H groups in total. The fourth-order valence-electron chi connectivity index (χ4n) is 10.4. The monoisotopic (exact) mass is 1010 g/mol. The van der Waals surface area contributed by atoms with Crippen molar-refractivity contribution in [3.05, 3.63) is 106 Å². The number of thiophene rings is 1. The van der Waals surface area contributed by atoms with Crippen molar-refractivity contribution >= 4 is 95.9 Å². The van der Waals surface area contributed by atoms with E-state index in [9.17, 15) is 32.7 Å². The van der Waals surface area contributed by atoms with Crippen LogP contribution in [0.3, 0.4) is 0 Å². The van der Waals surface area contributed by atoms with Gasteiger partial charge in [0.15, 0.2) is 12.4 Å². The van der Waals surface area contributed by atoms with Gasteiger partial charge in [0.05, 0.1) is 16.3 Å². The number of aliphatic carboxylic acids is 1. The van der Waals surface area contributed by atoms with Gasteiger partial charge in [0.1, 0.15) is 21.7 Å². The summed E-state index contributed by atoms with van der Waals surface area (Å²) < 4.78 is 35.1.